The lowest BCUT2D eigenvalue weighted by molar-refractivity contribution is 0.725. The summed E-state index contributed by atoms with van der Waals surface area (Å²) in [6.07, 6.45) is 0. The summed E-state index contributed by atoms with van der Waals surface area (Å²) >= 11 is 11.7. The first-order valence-corrected chi connectivity index (χ1v) is 5.52. The third kappa shape index (κ3) is 1.74. The molecule has 16 heavy (non-hydrogen) atoms. The van der Waals surface area contributed by atoms with Crippen molar-refractivity contribution in [1.29, 1.82) is 0 Å². The number of rotatable bonds is 2. The molecule has 0 bridgehead atoms. The van der Waals surface area contributed by atoms with Crippen molar-refractivity contribution in [3.8, 4) is 5.69 Å². The van der Waals surface area contributed by atoms with Gasteiger partial charge in [0.15, 0.2) is 0 Å². The van der Waals surface area contributed by atoms with E-state index in [0.29, 0.717) is 11.6 Å². The van der Waals surface area contributed by atoms with Gasteiger partial charge < -0.3 is 0 Å². The number of benzene rings is 1. The van der Waals surface area contributed by atoms with Crippen LogP contribution in [0.2, 0.25) is 5.28 Å². The molecule has 0 amide bonds. The molecule has 1 aromatic carbocycles. The van der Waals surface area contributed by atoms with Crippen LogP contribution < -0.4 is 5.69 Å². The van der Waals surface area contributed by atoms with Gasteiger partial charge in [-0.25, -0.2) is 14.0 Å². The quantitative estimate of drug-likeness (QED) is 0.772. The minimum absolute atomic E-state index is 0.130. The van der Waals surface area contributed by atoms with Gasteiger partial charge >= 0.3 is 5.69 Å². The zero-order valence-corrected chi connectivity index (χ0v) is 10.0. The Bertz CT molecular complexity index is 574. The number of alkyl halides is 1. The minimum Gasteiger partial charge on any atom is -0.246 e. The van der Waals surface area contributed by atoms with Gasteiger partial charge in [0.2, 0.25) is 5.28 Å². The van der Waals surface area contributed by atoms with E-state index < -0.39 is 0 Å². The van der Waals surface area contributed by atoms with Gasteiger partial charge in [0.05, 0.1) is 5.69 Å². The molecule has 0 aliphatic heterocycles. The molecule has 2 rings (SSSR count). The molecule has 0 N–H and O–H groups in total. The van der Waals surface area contributed by atoms with Gasteiger partial charge in [-0.15, -0.1) is 16.7 Å². The van der Waals surface area contributed by atoms with Crippen molar-refractivity contribution >= 4 is 23.2 Å². The third-order valence-corrected chi connectivity index (χ3v) is 2.79. The average molecular weight is 258 g/mol. The predicted molar refractivity (Wildman–Crippen MR) is 63.4 cm³/mol. The molecule has 0 spiro atoms. The van der Waals surface area contributed by atoms with Crippen LogP contribution in [-0.4, -0.2) is 14.3 Å². The van der Waals surface area contributed by atoms with Crippen molar-refractivity contribution in [3.05, 3.63) is 45.6 Å². The Hall–Kier alpha value is -1.26. The molecule has 0 aliphatic rings. The van der Waals surface area contributed by atoms with Crippen LogP contribution in [0.4, 0.5) is 0 Å². The van der Waals surface area contributed by atoms with Gasteiger partial charge in [0.25, 0.3) is 0 Å². The van der Waals surface area contributed by atoms with Crippen LogP contribution in [0.25, 0.3) is 5.69 Å². The van der Waals surface area contributed by atoms with E-state index in [1.807, 2.05) is 18.2 Å². The van der Waals surface area contributed by atoms with Crippen LogP contribution >= 0.6 is 23.2 Å². The normalized spacial score (nSPS) is 10.7. The number of para-hydroxylation sites is 1. The number of aryl methyl sites for hydroxylation is 1. The highest BCUT2D eigenvalue weighted by Crippen LogP contribution is 2.17. The van der Waals surface area contributed by atoms with Gasteiger partial charge in [-0.05, 0) is 23.2 Å². The molecule has 2 aromatic rings. The van der Waals surface area contributed by atoms with Gasteiger partial charge in [0, 0.05) is 12.9 Å². The molecule has 0 aliphatic carbocycles. The van der Waals surface area contributed by atoms with Crippen molar-refractivity contribution in [1.82, 2.24) is 14.3 Å². The molecule has 0 saturated heterocycles. The van der Waals surface area contributed by atoms with E-state index in [1.54, 1.807) is 13.1 Å². The average Bonchev–Trinajstić information content (AvgIpc) is 2.53. The fraction of sp³-hybridized carbons (Fsp3) is 0.200. The Morgan fingerprint density at radius 1 is 1.38 bits per heavy atom. The monoisotopic (exact) mass is 257 g/mol. The summed E-state index contributed by atoms with van der Waals surface area (Å²) < 4.78 is 2.52. The number of hydrogen-bond acceptors (Lipinski definition) is 2. The highest BCUT2D eigenvalue weighted by atomic mass is 35.5. The smallest absolute Gasteiger partial charge is 0.246 e. The van der Waals surface area contributed by atoms with E-state index in [4.69, 9.17) is 23.2 Å². The lowest BCUT2D eigenvalue weighted by atomic mass is 10.2. The van der Waals surface area contributed by atoms with Crippen molar-refractivity contribution in [2.45, 2.75) is 5.88 Å². The van der Waals surface area contributed by atoms with Gasteiger partial charge in [0.1, 0.15) is 0 Å². The minimum atomic E-state index is -0.289. The van der Waals surface area contributed by atoms with E-state index in [1.165, 1.54) is 9.25 Å². The van der Waals surface area contributed by atoms with Crippen LogP contribution in [0.1, 0.15) is 5.56 Å². The largest absolute Gasteiger partial charge is 0.351 e. The fourth-order valence-corrected chi connectivity index (χ4v) is 1.98. The molecule has 1 heterocycles. The highest BCUT2D eigenvalue weighted by Gasteiger charge is 2.13. The summed E-state index contributed by atoms with van der Waals surface area (Å²) in [6.45, 7) is 0. The van der Waals surface area contributed by atoms with E-state index in [-0.39, 0.29) is 11.0 Å². The van der Waals surface area contributed by atoms with E-state index in [2.05, 4.69) is 5.10 Å². The number of aromatic nitrogens is 3. The summed E-state index contributed by atoms with van der Waals surface area (Å²) in [4.78, 5) is 11.8. The lowest BCUT2D eigenvalue weighted by Crippen LogP contribution is -2.22. The fourth-order valence-electron chi connectivity index (χ4n) is 1.48. The molecule has 84 valence electrons. The van der Waals surface area contributed by atoms with Crippen molar-refractivity contribution in [3.63, 3.8) is 0 Å². The lowest BCUT2D eigenvalue weighted by Gasteiger charge is -2.06. The number of hydrogen-bond donors (Lipinski definition) is 0. The van der Waals surface area contributed by atoms with E-state index in [9.17, 15) is 4.79 Å². The Morgan fingerprint density at radius 3 is 2.62 bits per heavy atom. The first kappa shape index (κ1) is 11.2. The first-order chi connectivity index (χ1) is 7.65. The van der Waals surface area contributed by atoms with Crippen LogP contribution in [0.5, 0.6) is 0 Å². The SMILES string of the molecule is Cn1nc(Cl)n(-c2ccccc2CCl)c1=O. The van der Waals surface area contributed by atoms with Crippen molar-refractivity contribution in [2.24, 2.45) is 7.05 Å². The Morgan fingerprint density at radius 2 is 2.06 bits per heavy atom. The molecule has 6 heteroatoms. The van der Waals surface area contributed by atoms with Crippen LogP contribution in [0.3, 0.4) is 0 Å². The Kier molecular flexibility index (Phi) is 3.03. The molecule has 0 saturated carbocycles. The molecule has 0 fully saturated rings. The second-order valence-corrected chi connectivity index (χ2v) is 3.88. The van der Waals surface area contributed by atoms with Crippen LogP contribution in [-0.2, 0) is 12.9 Å². The molecule has 4 nitrogen and oxygen atoms in total. The molecule has 0 radical (unpaired) electrons. The Balaban J connectivity index is 2.72. The second-order valence-electron chi connectivity index (χ2n) is 3.27. The third-order valence-electron chi connectivity index (χ3n) is 2.26. The van der Waals surface area contributed by atoms with E-state index >= 15 is 0 Å². The summed E-state index contributed by atoms with van der Waals surface area (Å²) in [5.74, 6) is 0.313. The van der Waals surface area contributed by atoms with Crippen LogP contribution in [0, 0.1) is 0 Å². The van der Waals surface area contributed by atoms with E-state index in [0.717, 1.165) is 5.56 Å². The summed E-state index contributed by atoms with van der Waals surface area (Å²) in [7, 11) is 1.55. The van der Waals surface area contributed by atoms with Crippen molar-refractivity contribution in [2.75, 3.05) is 0 Å². The highest BCUT2D eigenvalue weighted by molar-refractivity contribution is 6.28. The number of halogens is 2. The Labute approximate surface area is 102 Å². The molecular weight excluding hydrogens is 249 g/mol. The zero-order chi connectivity index (χ0) is 11.7. The summed E-state index contributed by atoms with van der Waals surface area (Å²) in [5.41, 5.74) is 1.21. The van der Waals surface area contributed by atoms with Gasteiger partial charge in [-0.2, -0.15) is 0 Å². The predicted octanol–water partition coefficient (Wildman–Crippen LogP) is 1.96. The number of nitrogens with zero attached hydrogens (tertiary/aromatic N) is 3. The second kappa shape index (κ2) is 4.31. The van der Waals surface area contributed by atoms with Gasteiger partial charge in [-0.3, -0.25) is 0 Å². The maximum Gasteiger partial charge on any atom is 0.351 e. The van der Waals surface area contributed by atoms with Gasteiger partial charge in [-0.1, -0.05) is 18.2 Å². The zero-order valence-electron chi connectivity index (χ0n) is 8.52. The molecular formula is C10H9Cl2N3O. The summed E-state index contributed by atoms with van der Waals surface area (Å²) in [5, 5.41) is 3.98. The summed E-state index contributed by atoms with van der Waals surface area (Å²) in [6, 6.07) is 7.31. The molecule has 0 unspecified atom stereocenters. The van der Waals surface area contributed by atoms with Crippen LogP contribution in [0.15, 0.2) is 29.1 Å². The molecule has 0 atom stereocenters. The standard InChI is InChI=1S/C10H9Cl2N3O/c1-14-10(16)15(9(12)13-14)8-5-3-2-4-7(8)6-11/h2-5H,6H2,1H3. The first-order valence-electron chi connectivity index (χ1n) is 4.61. The van der Waals surface area contributed by atoms with Crippen molar-refractivity contribution < 1.29 is 0 Å². The topological polar surface area (TPSA) is 39.8 Å². The maximum absolute atomic E-state index is 11.8. The molecule has 1 aromatic heterocycles. The maximum atomic E-state index is 11.8.